The second kappa shape index (κ2) is 7.89. The first-order chi connectivity index (χ1) is 13.1. The molecule has 1 fully saturated rings. The highest BCUT2D eigenvalue weighted by Crippen LogP contribution is 2.54. The highest BCUT2D eigenvalue weighted by molar-refractivity contribution is 6.31. The number of hydrogen-bond acceptors (Lipinski definition) is 1. The van der Waals surface area contributed by atoms with Crippen molar-refractivity contribution in [2.45, 2.75) is 41.0 Å². The van der Waals surface area contributed by atoms with E-state index >= 15 is 0 Å². The number of benzene rings is 2. The molecule has 1 saturated carbocycles. The van der Waals surface area contributed by atoms with Gasteiger partial charge < -0.3 is 0 Å². The zero-order valence-electron chi connectivity index (χ0n) is 17.1. The first-order valence-corrected chi connectivity index (χ1v) is 10.3. The molecule has 0 saturated heterocycles. The van der Waals surface area contributed by atoms with Crippen LogP contribution in [0.1, 0.15) is 52.2 Å². The predicted molar refractivity (Wildman–Crippen MR) is 120 cm³/mol. The van der Waals surface area contributed by atoms with E-state index in [1.807, 2.05) is 24.3 Å². The predicted octanol–water partition coefficient (Wildman–Crippen LogP) is 7.77. The Morgan fingerprint density at radius 1 is 0.857 bits per heavy atom. The Hall–Kier alpha value is -1.83. The Kier molecular flexibility index (Phi) is 5.89. The molecule has 146 valence electrons. The monoisotopic (exact) mass is 412 g/mol. The lowest BCUT2D eigenvalue weighted by molar-refractivity contribution is -0.122. The second-order valence-corrected chi connectivity index (χ2v) is 9.20. The number of carbonyl (C=O) groups excluding carboxylic acids is 1. The summed E-state index contributed by atoms with van der Waals surface area (Å²) < 4.78 is 0. The quantitative estimate of drug-likeness (QED) is 0.502. The second-order valence-electron chi connectivity index (χ2n) is 8.33. The molecule has 3 rings (SSSR count). The van der Waals surface area contributed by atoms with Gasteiger partial charge in [0.25, 0.3) is 0 Å². The Labute approximate surface area is 178 Å². The molecule has 0 N–H and O–H groups in total. The van der Waals surface area contributed by atoms with Crippen molar-refractivity contribution in [3.8, 4) is 0 Å². The van der Waals surface area contributed by atoms with Crippen LogP contribution in [0.3, 0.4) is 0 Å². The van der Waals surface area contributed by atoms with Crippen molar-refractivity contribution in [1.82, 2.24) is 0 Å². The summed E-state index contributed by atoms with van der Waals surface area (Å²) in [5.74, 6) is 0.215. The first-order valence-electron chi connectivity index (χ1n) is 9.56. The molecule has 0 heterocycles. The van der Waals surface area contributed by atoms with Gasteiger partial charge in [0.15, 0.2) is 0 Å². The van der Waals surface area contributed by atoms with Crippen LogP contribution in [0.15, 0.2) is 65.3 Å². The van der Waals surface area contributed by atoms with E-state index in [1.165, 1.54) is 16.7 Å². The molecule has 2 aromatic carbocycles. The van der Waals surface area contributed by atoms with E-state index in [0.717, 1.165) is 23.1 Å². The van der Waals surface area contributed by atoms with Gasteiger partial charge in [0.05, 0.1) is 0 Å². The maximum atomic E-state index is 12.5. The van der Waals surface area contributed by atoms with Crippen LogP contribution in [-0.2, 0) is 4.79 Å². The Morgan fingerprint density at radius 2 is 1.29 bits per heavy atom. The van der Waals surface area contributed by atoms with Crippen molar-refractivity contribution >= 4 is 34.6 Å². The van der Waals surface area contributed by atoms with E-state index in [2.05, 4.69) is 52.0 Å². The van der Waals surface area contributed by atoms with Gasteiger partial charge in [-0.15, -0.1) is 0 Å². The molecule has 0 aromatic heterocycles. The Balaban J connectivity index is 2.35. The number of rotatable bonds is 3. The molecule has 0 spiro atoms. The molecule has 28 heavy (non-hydrogen) atoms. The number of halogens is 2. The fourth-order valence-corrected chi connectivity index (χ4v) is 4.95. The van der Waals surface area contributed by atoms with Gasteiger partial charge in [0.1, 0.15) is 5.78 Å². The van der Waals surface area contributed by atoms with E-state index < -0.39 is 0 Å². The molecule has 1 aliphatic carbocycles. The van der Waals surface area contributed by atoms with Gasteiger partial charge in [-0.2, -0.15) is 0 Å². The third-order valence-electron chi connectivity index (χ3n) is 5.78. The van der Waals surface area contributed by atoms with E-state index in [9.17, 15) is 4.79 Å². The number of Topliss-reactive ketones (excluding diaryl/α,β-unsaturated/α-hetero) is 1. The van der Waals surface area contributed by atoms with E-state index in [1.54, 1.807) is 6.92 Å². The fraction of sp³-hybridized carbons (Fsp3) is 0.320. The topological polar surface area (TPSA) is 17.1 Å². The highest BCUT2D eigenvalue weighted by Gasteiger charge is 2.45. The van der Waals surface area contributed by atoms with Crippen LogP contribution < -0.4 is 0 Å². The van der Waals surface area contributed by atoms with Gasteiger partial charge in [0.2, 0.25) is 0 Å². The van der Waals surface area contributed by atoms with Gasteiger partial charge in [-0.25, -0.2) is 0 Å². The number of ketones is 1. The SMILES string of the molecule is CC(=O)C1CC(=C(c2ccc(Cl)cc2)c2ccc(Cl)cc2)C(=C(C)C)C1(C)C. The maximum Gasteiger partial charge on any atom is 0.134 e. The largest absolute Gasteiger partial charge is 0.300 e. The van der Waals surface area contributed by atoms with Crippen LogP contribution in [0, 0.1) is 11.3 Å². The molecule has 1 nitrogen and oxygen atoms in total. The van der Waals surface area contributed by atoms with Gasteiger partial charge in [-0.3, -0.25) is 4.79 Å². The summed E-state index contributed by atoms with van der Waals surface area (Å²) in [6.45, 7) is 10.4. The number of allylic oxidation sites excluding steroid dienone is 3. The summed E-state index contributed by atoms with van der Waals surface area (Å²) >= 11 is 12.3. The zero-order valence-corrected chi connectivity index (χ0v) is 18.6. The zero-order chi connectivity index (χ0) is 20.6. The standard InChI is InChI=1S/C25H26Cl2O/c1-15(2)24-21(14-22(16(3)28)25(24,4)5)23(17-6-10-19(26)11-7-17)18-8-12-20(27)13-9-18/h6-13,22H,14H2,1-5H3. The van der Waals surface area contributed by atoms with Crippen LogP contribution >= 0.6 is 23.2 Å². The minimum absolute atomic E-state index is 0.0259. The summed E-state index contributed by atoms with van der Waals surface area (Å²) in [7, 11) is 0. The third-order valence-corrected chi connectivity index (χ3v) is 6.29. The molecule has 1 unspecified atom stereocenters. The molecule has 3 heteroatoms. The normalized spacial score (nSPS) is 18.3. The fourth-order valence-electron chi connectivity index (χ4n) is 4.70. The van der Waals surface area contributed by atoms with Crippen LogP contribution in [0.4, 0.5) is 0 Å². The summed E-state index contributed by atoms with van der Waals surface area (Å²) in [6.07, 6.45) is 0.740. The van der Waals surface area contributed by atoms with Crippen LogP contribution in [0.25, 0.3) is 5.57 Å². The molecule has 0 bridgehead atoms. The van der Waals surface area contributed by atoms with Crippen LogP contribution in [0.5, 0.6) is 0 Å². The Morgan fingerprint density at radius 3 is 1.64 bits per heavy atom. The van der Waals surface area contributed by atoms with E-state index in [4.69, 9.17) is 23.2 Å². The summed E-state index contributed by atoms with van der Waals surface area (Å²) in [6, 6.07) is 15.9. The van der Waals surface area contributed by atoms with Gasteiger partial charge >= 0.3 is 0 Å². The van der Waals surface area contributed by atoms with Gasteiger partial charge in [-0.05, 0) is 84.7 Å². The lowest BCUT2D eigenvalue weighted by Gasteiger charge is -2.28. The lowest BCUT2D eigenvalue weighted by atomic mass is 9.75. The molecule has 0 amide bonds. The summed E-state index contributed by atoms with van der Waals surface area (Å²) in [4.78, 5) is 12.5. The maximum absolute atomic E-state index is 12.5. The average Bonchev–Trinajstić information content (AvgIpc) is 2.89. The molecule has 0 radical (unpaired) electrons. The molecule has 0 aliphatic heterocycles. The molecule has 1 atom stereocenters. The number of carbonyl (C=O) groups is 1. The summed E-state index contributed by atoms with van der Waals surface area (Å²) in [5.41, 5.74) is 6.93. The van der Waals surface area contributed by atoms with Crippen molar-refractivity contribution in [3.63, 3.8) is 0 Å². The van der Waals surface area contributed by atoms with Gasteiger partial charge in [-0.1, -0.05) is 66.9 Å². The van der Waals surface area contributed by atoms with Crippen molar-refractivity contribution < 1.29 is 4.79 Å². The smallest absolute Gasteiger partial charge is 0.134 e. The molecular formula is C25H26Cl2O. The average molecular weight is 413 g/mol. The van der Waals surface area contributed by atoms with Crippen molar-refractivity contribution in [2.75, 3.05) is 0 Å². The molecule has 2 aromatic rings. The van der Waals surface area contributed by atoms with Gasteiger partial charge in [0, 0.05) is 16.0 Å². The minimum Gasteiger partial charge on any atom is -0.300 e. The lowest BCUT2D eigenvalue weighted by Crippen LogP contribution is -2.25. The van der Waals surface area contributed by atoms with Crippen LogP contribution in [0.2, 0.25) is 10.0 Å². The molecule has 1 aliphatic rings. The number of hydrogen-bond donors (Lipinski definition) is 0. The minimum atomic E-state index is -0.204. The van der Waals surface area contributed by atoms with Crippen molar-refractivity contribution in [3.05, 3.63) is 86.4 Å². The van der Waals surface area contributed by atoms with Crippen LogP contribution in [-0.4, -0.2) is 5.78 Å². The third kappa shape index (κ3) is 3.83. The Bertz CT molecular complexity index is 909. The van der Waals surface area contributed by atoms with Crippen molar-refractivity contribution in [2.24, 2.45) is 11.3 Å². The first kappa shape index (κ1) is 20.9. The molecular weight excluding hydrogens is 387 g/mol. The highest BCUT2D eigenvalue weighted by atomic mass is 35.5. The van der Waals surface area contributed by atoms with E-state index in [-0.39, 0.29) is 17.1 Å². The summed E-state index contributed by atoms with van der Waals surface area (Å²) in [5, 5.41) is 1.42. The van der Waals surface area contributed by atoms with Crippen molar-refractivity contribution in [1.29, 1.82) is 0 Å². The van der Waals surface area contributed by atoms with E-state index in [0.29, 0.717) is 10.0 Å².